The van der Waals surface area contributed by atoms with E-state index in [4.69, 9.17) is 0 Å². The Labute approximate surface area is 125 Å². The molecule has 1 rings (SSSR count). The minimum atomic E-state index is -3.35. The van der Waals surface area contributed by atoms with E-state index >= 15 is 0 Å². The molecule has 1 N–H and O–H groups in total. The van der Waals surface area contributed by atoms with Crippen LogP contribution in [0.25, 0.3) is 0 Å². The maximum Gasteiger partial charge on any atom is 0.154 e. The zero-order chi connectivity index (χ0) is 16.3. The molecule has 0 aromatic heterocycles. The third kappa shape index (κ3) is 4.48. The Hall–Kier alpha value is -1.01. The van der Waals surface area contributed by atoms with Crippen LogP contribution in [0.5, 0.6) is 0 Å². The Bertz CT molecular complexity index is 585. The lowest BCUT2D eigenvalue weighted by molar-refractivity contribution is 0.401. The summed E-state index contributed by atoms with van der Waals surface area (Å²) in [6.45, 7) is 5.78. The van der Waals surface area contributed by atoms with Crippen molar-refractivity contribution in [3.63, 3.8) is 0 Å². The molecule has 120 valence electrons. The van der Waals surface area contributed by atoms with E-state index in [1.807, 2.05) is 6.92 Å². The third-order valence-corrected chi connectivity index (χ3v) is 6.06. The topological polar surface area (TPSA) is 46.2 Å². The summed E-state index contributed by atoms with van der Waals surface area (Å²) in [5, 5.41) is 3.14. The molecule has 0 aliphatic rings. The highest BCUT2D eigenvalue weighted by molar-refractivity contribution is 7.92. The van der Waals surface area contributed by atoms with Crippen LogP contribution in [0, 0.1) is 11.6 Å². The molecule has 0 spiro atoms. The second kappa shape index (κ2) is 6.83. The van der Waals surface area contributed by atoms with E-state index in [2.05, 4.69) is 5.32 Å². The summed E-state index contributed by atoms with van der Waals surface area (Å²) in [5.41, 5.74) is 0.181. The van der Waals surface area contributed by atoms with Crippen LogP contribution in [-0.2, 0) is 16.3 Å². The van der Waals surface area contributed by atoms with Crippen molar-refractivity contribution >= 4 is 9.84 Å². The first-order chi connectivity index (χ1) is 9.59. The SMILES string of the molecule is CCCNC(Cc1cc(F)ccc1F)C(C)(C)S(C)(=O)=O. The Morgan fingerprint density at radius 1 is 1.29 bits per heavy atom. The van der Waals surface area contributed by atoms with E-state index in [9.17, 15) is 17.2 Å². The normalized spacial score (nSPS) is 14.2. The van der Waals surface area contributed by atoms with Crippen LogP contribution in [0.2, 0.25) is 0 Å². The van der Waals surface area contributed by atoms with Gasteiger partial charge >= 0.3 is 0 Å². The Morgan fingerprint density at radius 2 is 1.90 bits per heavy atom. The van der Waals surface area contributed by atoms with E-state index in [1.54, 1.807) is 13.8 Å². The standard InChI is InChI=1S/C15H23F2NO2S/c1-5-8-18-14(15(2,3)21(4,19)20)10-11-9-12(16)6-7-13(11)17/h6-7,9,14,18H,5,8,10H2,1-4H3. The number of halogens is 2. The Morgan fingerprint density at radius 3 is 2.43 bits per heavy atom. The number of sulfone groups is 1. The average Bonchev–Trinajstić information content (AvgIpc) is 2.36. The number of hydrogen-bond donors (Lipinski definition) is 1. The molecular formula is C15H23F2NO2S. The van der Waals surface area contributed by atoms with Gasteiger partial charge in [0.1, 0.15) is 11.6 Å². The lowest BCUT2D eigenvalue weighted by Crippen LogP contribution is -2.53. The summed E-state index contributed by atoms with van der Waals surface area (Å²) in [6, 6.07) is 2.74. The molecular weight excluding hydrogens is 296 g/mol. The van der Waals surface area contributed by atoms with Crippen LogP contribution in [-0.4, -0.2) is 32.0 Å². The molecule has 0 heterocycles. The summed E-state index contributed by atoms with van der Waals surface area (Å²) >= 11 is 0. The molecule has 0 bridgehead atoms. The Kier molecular flexibility index (Phi) is 5.87. The van der Waals surface area contributed by atoms with Gasteiger partial charge in [-0.2, -0.15) is 0 Å². The van der Waals surface area contributed by atoms with Crippen LogP contribution in [0.1, 0.15) is 32.8 Å². The predicted molar refractivity (Wildman–Crippen MR) is 81.1 cm³/mol. The van der Waals surface area contributed by atoms with Crippen molar-refractivity contribution in [2.75, 3.05) is 12.8 Å². The molecule has 21 heavy (non-hydrogen) atoms. The molecule has 0 amide bonds. The van der Waals surface area contributed by atoms with Crippen molar-refractivity contribution in [2.45, 2.75) is 44.4 Å². The van der Waals surface area contributed by atoms with Gasteiger partial charge in [-0.3, -0.25) is 0 Å². The Balaban J connectivity index is 3.12. The number of nitrogens with one attached hydrogen (secondary N) is 1. The van der Waals surface area contributed by atoms with Gasteiger partial charge in [-0.05, 0) is 57.0 Å². The fourth-order valence-corrected chi connectivity index (χ4v) is 2.74. The third-order valence-electron chi connectivity index (χ3n) is 3.87. The van der Waals surface area contributed by atoms with Crippen LogP contribution >= 0.6 is 0 Å². The smallest absolute Gasteiger partial charge is 0.154 e. The average molecular weight is 319 g/mol. The minimum absolute atomic E-state index is 0.115. The van der Waals surface area contributed by atoms with E-state index < -0.39 is 32.3 Å². The van der Waals surface area contributed by atoms with Gasteiger partial charge in [0.05, 0.1) is 4.75 Å². The highest BCUT2D eigenvalue weighted by Gasteiger charge is 2.39. The first-order valence-electron chi connectivity index (χ1n) is 6.96. The quantitative estimate of drug-likeness (QED) is 0.840. The summed E-state index contributed by atoms with van der Waals surface area (Å²) < 4.78 is 50.0. The summed E-state index contributed by atoms with van der Waals surface area (Å²) in [6.07, 6.45) is 2.10. The predicted octanol–water partition coefficient (Wildman–Crippen LogP) is 2.70. The molecule has 1 unspecified atom stereocenters. The van der Waals surface area contributed by atoms with Crippen molar-refractivity contribution < 1.29 is 17.2 Å². The van der Waals surface area contributed by atoms with E-state index in [1.165, 1.54) is 0 Å². The number of benzene rings is 1. The second-order valence-corrected chi connectivity index (χ2v) is 8.42. The van der Waals surface area contributed by atoms with E-state index in [0.717, 1.165) is 30.9 Å². The van der Waals surface area contributed by atoms with Gasteiger partial charge in [0.25, 0.3) is 0 Å². The van der Waals surface area contributed by atoms with Crippen molar-refractivity contribution in [3.05, 3.63) is 35.4 Å². The second-order valence-electron chi connectivity index (χ2n) is 5.82. The molecule has 1 aromatic carbocycles. The van der Waals surface area contributed by atoms with Gasteiger partial charge in [-0.1, -0.05) is 6.92 Å². The molecule has 3 nitrogen and oxygen atoms in total. The molecule has 0 fully saturated rings. The minimum Gasteiger partial charge on any atom is -0.312 e. The van der Waals surface area contributed by atoms with Gasteiger partial charge in [-0.25, -0.2) is 17.2 Å². The van der Waals surface area contributed by atoms with Crippen molar-refractivity contribution in [1.82, 2.24) is 5.32 Å². The van der Waals surface area contributed by atoms with Crippen LogP contribution in [0.4, 0.5) is 8.78 Å². The molecule has 0 aliphatic carbocycles. The number of hydrogen-bond acceptors (Lipinski definition) is 3. The van der Waals surface area contributed by atoms with Gasteiger partial charge in [0, 0.05) is 12.3 Å². The van der Waals surface area contributed by atoms with Crippen molar-refractivity contribution in [3.8, 4) is 0 Å². The summed E-state index contributed by atoms with van der Waals surface area (Å²) in [7, 11) is -3.35. The van der Waals surface area contributed by atoms with Crippen LogP contribution in [0.3, 0.4) is 0 Å². The first kappa shape index (κ1) is 18.0. The van der Waals surface area contributed by atoms with Crippen molar-refractivity contribution in [2.24, 2.45) is 0 Å². The van der Waals surface area contributed by atoms with Crippen LogP contribution in [0.15, 0.2) is 18.2 Å². The van der Waals surface area contributed by atoms with Crippen LogP contribution < -0.4 is 5.32 Å². The molecule has 1 aromatic rings. The first-order valence-corrected chi connectivity index (χ1v) is 8.85. The van der Waals surface area contributed by atoms with Gasteiger partial charge in [0.15, 0.2) is 9.84 Å². The number of rotatable bonds is 7. The fraction of sp³-hybridized carbons (Fsp3) is 0.600. The van der Waals surface area contributed by atoms with E-state index in [-0.39, 0.29) is 12.0 Å². The highest BCUT2D eigenvalue weighted by atomic mass is 32.2. The molecule has 6 heteroatoms. The monoisotopic (exact) mass is 319 g/mol. The largest absolute Gasteiger partial charge is 0.312 e. The summed E-state index contributed by atoms with van der Waals surface area (Å²) in [5.74, 6) is -1.05. The molecule has 1 atom stereocenters. The highest BCUT2D eigenvalue weighted by Crippen LogP contribution is 2.24. The zero-order valence-corrected chi connectivity index (χ0v) is 13.7. The van der Waals surface area contributed by atoms with Gasteiger partial charge < -0.3 is 5.32 Å². The maximum atomic E-state index is 13.8. The molecule has 0 aliphatic heterocycles. The molecule has 0 saturated carbocycles. The van der Waals surface area contributed by atoms with E-state index in [0.29, 0.717) is 6.54 Å². The van der Waals surface area contributed by atoms with Crippen molar-refractivity contribution in [1.29, 1.82) is 0 Å². The zero-order valence-electron chi connectivity index (χ0n) is 12.9. The maximum absolute atomic E-state index is 13.8. The fourth-order valence-electron chi connectivity index (χ4n) is 2.06. The molecule has 0 saturated heterocycles. The van der Waals surface area contributed by atoms with Gasteiger partial charge in [-0.15, -0.1) is 0 Å². The van der Waals surface area contributed by atoms with Gasteiger partial charge in [0.2, 0.25) is 0 Å². The lowest BCUT2D eigenvalue weighted by atomic mass is 9.95. The molecule has 0 radical (unpaired) electrons. The lowest BCUT2D eigenvalue weighted by Gasteiger charge is -2.33. The summed E-state index contributed by atoms with van der Waals surface area (Å²) in [4.78, 5) is 0.